The molecule has 100 valence electrons. The summed E-state index contributed by atoms with van der Waals surface area (Å²) in [4.78, 5) is 0. The highest BCUT2D eigenvalue weighted by atomic mass is 35.5. The average Bonchev–Trinajstić information content (AvgIpc) is 2.41. The van der Waals surface area contributed by atoms with Crippen LogP contribution in [-0.2, 0) is 6.54 Å². The van der Waals surface area contributed by atoms with Crippen LogP contribution in [0.5, 0.6) is 11.5 Å². The minimum atomic E-state index is 0.403. The molecule has 2 rings (SSSR count). The highest BCUT2D eigenvalue weighted by molar-refractivity contribution is 6.30. The SMILES string of the molecule is CC(C)c1ccc(Oc2ccc(Cl)cc2CN)cc1. The van der Waals surface area contributed by atoms with E-state index in [1.807, 2.05) is 24.3 Å². The lowest BCUT2D eigenvalue weighted by molar-refractivity contribution is 0.476. The second kappa shape index (κ2) is 6.09. The standard InChI is InChI=1S/C16H18ClNO/c1-11(2)12-3-6-15(7-4-12)19-16-8-5-14(17)9-13(16)10-18/h3-9,11H,10,18H2,1-2H3. The van der Waals surface area contributed by atoms with Crippen LogP contribution in [0.25, 0.3) is 0 Å². The summed E-state index contributed by atoms with van der Waals surface area (Å²) in [6.45, 7) is 4.74. The Hall–Kier alpha value is -1.51. The molecule has 0 aliphatic rings. The van der Waals surface area contributed by atoms with E-state index in [2.05, 4.69) is 26.0 Å². The third-order valence-electron chi connectivity index (χ3n) is 3.02. The van der Waals surface area contributed by atoms with E-state index < -0.39 is 0 Å². The van der Waals surface area contributed by atoms with Crippen molar-refractivity contribution in [3.8, 4) is 11.5 Å². The zero-order valence-corrected chi connectivity index (χ0v) is 11.9. The quantitative estimate of drug-likeness (QED) is 0.877. The van der Waals surface area contributed by atoms with Gasteiger partial charge in [-0.05, 0) is 41.8 Å². The Balaban J connectivity index is 2.21. The van der Waals surface area contributed by atoms with E-state index in [0.717, 1.165) is 17.1 Å². The van der Waals surface area contributed by atoms with Crippen molar-refractivity contribution in [3.63, 3.8) is 0 Å². The summed E-state index contributed by atoms with van der Waals surface area (Å²) in [6, 6.07) is 13.6. The van der Waals surface area contributed by atoms with Crippen molar-refractivity contribution in [1.29, 1.82) is 0 Å². The van der Waals surface area contributed by atoms with Crippen LogP contribution in [0.2, 0.25) is 5.02 Å². The van der Waals surface area contributed by atoms with Crippen LogP contribution in [0.1, 0.15) is 30.9 Å². The van der Waals surface area contributed by atoms with Gasteiger partial charge in [-0.3, -0.25) is 0 Å². The van der Waals surface area contributed by atoms with Crippen molar-refractivity contribution >= 4 is 11.6 Å². The van der Waals surface area contributed by atoms with Crippen LogP contribution in [0.15, 0.2) is 42.5 Å². The van der Waals surface area contributed by atoms with E-state index in [4.69, 9.17) is 22.1 Å². The Morgan fingerprint density at radius 3 is 2.37 bits per heavy atom. The molecule has 0 aliphatic heterocycles. The Kier molecular flexibility index (Phi) is 4.46. The van der Waals surface area contributed by atoms with Gasteiger partial charge in [0, 0.05) is 17.1 Å². The van der Waals surface area contributed by atoms with Crippen LogP contribution in [0.4, 0.5) is 0 Å². The Morgan fingerprint density at radius 2 is 1.79 bits per heavy atom. The number of hydrogen-bond donors (Lipinski definition) is 1. The monoisotopic (exact) mass is 275 g/mol. The molecule has 2 aromatic rings. The molecule has 0 bridgehead atoms. The predicted molar refractivity (Wildman–Crippen MR) is 79.9 cm³/mol. The maximum atomic E-state index is 5.94. The van der Waals surface area contributed by atoms with Crippen LogP contribution >= 0.6 is 11.6 Å². The van der Waals surface area contributed by atoms with Crippen molar-refractivity contribution in [3.05, 3.63) is 58.6 Å². The molecule has 0 atom stereocenters. The number of ether oxygens (including phenoxy) is 1. The number of halogens is 1. The van der Waals surface area contributed by atoms with Gasteiger partial charge in [0.25, 0.3) is 0 Å². The summed E-state index contributed by atoms with van der Waals surface area (Å²) >= 11 is 5.94. The van der Waals surface area contributed by atoms with Crippen molar-refractivity contribution in [2.75, 3.05) is 0 Å². The first-order chi connectivity index (χ1) is 9.10. The number of nitrogens with two attached hydrogens (primary N) is 1. The molecule has 0 radical (unpaired) electrons. The zero-order chi connectivity index (χ0) is 13.8. The van der Waals surface area contributed by atoms with Gasteiger partial charge in [0.15, 0.2) is 0 Å². The van der Waals surface area contributed by atoms with Gasteiger partial charge in [0.1, 0.15) is 11.5 Å². The molecule has 2 nitrogen and oxygen atoms in total. The van der Waals surface area contributed by atoms with E-state index in [0.29, 0.717) is 17.5 Å². The Bertz CT molecular complexity index is 549. The van der Waals surface area contributed by atoms with E-state index in [9.17, 15) is 0 Å². The van der Waals surface area contributed by atoms with Crippen LogP contribution in [-0.4, -0.2) is 0 Å². The maximum Gasteiger partial charge on any atom is 0.132 e. The molecule has 0 saturated heterocycles. The lowest BCUT2D eigenvalue weighted by Crippen LogP contribution is -1.99. The summed E-state index contributed by atoms with van der Waals surface area (Å²) in [6.07, 6.45) is 0. The second-order valence-electron chi connectivity index (χ2n) is 4.78. The van der Waals surface area contributed by atoms with Gasteiger partial charge in [-0.2, -0.15) is 0 Å². The number of hydrogen-bond acceptors (Lipinski definition) is 2. The van der Waals surface area contributed by atoms with Gasteiger partial charge in [-0.25, -0.2) is 0 Å². The number of benzene rings is 2. The maximum absolute atomic E-state index is 5.94. The average molecular weight is 276 g/mol. The molecule has 0 heterocycles. The predicted octanol–water partition coefficient (Wildman–Crippen LogP) is 4.71. The highest BCUT2D eigenvalue weighted by Crippen LogP contribution is 2.28. The second-order valence-corrected chi connectivity index (χ2v) is 5.22. The third kappa shape index (κ3) is 3.49. The Morgan fingerprint density at radius 1 is 1.11 bits per heavy atom. The zero-order valence-electron chi connectivity index (χ0n) is 11.2. The van der Waals surface area contributed by atoms with E-state index in [1.165, 1.54) is 5.56 Å². The Labute approximate surface area is 119 Å². The fourth-order valence-corrected chi connectivity index (χ4v) is 2.05. The molecule has 0 unspecified atom stereocenters. The third-order valence-corrected chi connectivity index (χ3v) is 3.25. The van der Waals surface area contributed by atoms with Gasteiger partial charge >= 0.3 is 0 Å². The first-order valence-corrected chi connectivity index (χ1v) is 6.74. The van der Waals surface area contributed by atoms with Gasteiger partial charge in [0.05, 0.1) is 0 Å². The molecular weight excluding hydrogens is 258 g/mol. The minimum absolute atomic E-state index is 0.403. The molecule has 0 aliphatic carbocycles. The molecule has 0 aromatic heterocycles. The first-order valence-electron chi connectivity index (χ1n) is 6.36. The summed E-state index contributed by atoms with van der Waals surface area (Å²) < 4.78 is 5.85. The lowest BCUT2D eigenvalue weighted by Gasteiger charge is -2.11. The van der Waals surface area contributed by atoms with Crippen LogP contribution in [0.3, 0.4) is 0 Å². The van der Waals surface area contributed by atoms with E-state index in [-0.39, 0.29) is 0 Å². The van der Waals surface area contributed by atoms with Crippen molar-refractivity contribution in [1.82, 2.24) is 0 Å². The van der Waals surface area contributed by atoms with Crippen molar-refractivity contribution < 1.29 is 4.74 Å². The molecule has 0 amide bonds. The smallest absolute Gasteiger partial charge is 0.132 e. The molecule has 3 heteroatoms. The molecule has 0 saturated carbocycles. The topological polar surface area (TPSA) is 35.2 Å². The molecule has 2 N–H and O–H groups in total. The normalized spacial score (nSPS) is 10.8. The van der Waals surface area contributed by atoms with Gasteiger partial charge in [-0.1, -0.05) is 37.6 Å². The summed E-state index contributed by atoms with van der Waals surface area (Å²) in [5.74, 6) is 2.08. The van der Waals surface area contributed by atoms with Crippen molar-refractivity contribution in [2.45, 2.75) is 26.3 Å². The highest BCUT2D eigenvalue weighted by Gasteiger charge is 2.05. The largest absolute Gasteiger partial charge is 0.457 e. The fraction of sp³-hybridized carbons (Fsp3) is 0.250. The van der Waals surface area contributed by atoms with Crippen LogP contribution < -0.4 is 10.5 Å². The molecule has 19 heavy (non-hydrogen) atoms. The summed E-state index contributed by atoms with van der Waals surface area (Å²) in [5.41, 5.74) is 7.90. The molecule has 0 spiro atoms. The van der Waals surface area contributed by atoms with E-state index in [1.54, 1.807) is 6.07 Å². The van der Waals surface area contributed by atoms with Gasteiger partial charge in [-0.15, -0.1) is 0 Å². The van der Waals surface area contributed by atoms with Crippen LogP contribution in [0, 0.1) is 0 Å². The number of rotatable bonds is 4. The summed E-state index contributed by atoms with van der Waals surface area (Å²) in [5, 5.41) is 0.669. The summed E-state index contributed by atoms with van der Waals surface area (Å²) in [7, 11) is 0. The molecule has 0 fully saturated rings. The fourth-order valence-electron chi connectivity index (χ4n) is 1.85. The van der Waals surface area contributed by atoms with Gasteiger partial charge < -0.3 is 10.5 Å². The van der Waals surface area contributed by atoms with Gasteiger partial charge in [0.2, 0.25) is 0 Å². The first kappa shape index (κ1) is 13.9. The molecular formula is C16H18ClNO. The van der Waals surface area contributed by atoms with Crippen molar-refractivity contribution in [2.24, 2.45) is 5.73 Å². The lowest BCUT2D eigenvalue weighted by atomic mass is 10.0. The van der Waals surface area contributed by atoms with E-state index >= 15 is 0 Å². The molecule has 2 aromatic carbocycles. The minimum Gasteiger partial charge on any atom is -0.457 e.